The van der Waals surface area contributed by atoms with Crippen LogP contribution in [0.25, 0.3) is 11.4 Å². The molecule has 0 radical (unpaired) electrons. The van der Waals surface area contributed by atoms with Crippen LogP contribution in [0.15, 0.2) is 18.2 Å². The molecule has 6 heteroatoms. The number of hydrogen-bond acceptors (Lipinski definition) is 6. The van der Waals surface area contributed by atoms with Crippen LogP contribution in [-0.4, -0.2) is 58.7 Å². The third kappa shape index (κ3) is 4.96. The Morgan fingerprint density at radius 3 is 2.35 bits per heavy atom. The lowest BCUT2D eigenvalue weighted by Crippen LogP contribution is -2.46. The number of unbranched alkanes of at least 4 members (excludes halogenated alkanes) is 2. The van der Waals surface area contributed by atoms with Gasteiger partial charge in [0.1, 0.15) is 0 Å². The monoisotopic (exact) mass is 442 g/mol. The Kier molecular flexibility index (Phi) is 6.71. The number of nitrogens with zero attached hydrogens (tertiary/aromatic N) is 4. The minimum absolute atomic E-state index is 0.202. The van der Waals surface area contributed by atoms with E-state index in [1.54, 1.807) is 0 Å². The maximum atomic E-state index is 8.92. The highest BCUT2D eigenvalue weighted by Gasteiger charge is 2.37. The van der Waals surface area contributed by atoms with Gasteiger partial charge in [0.15, 0.2) is 5.82 Å². The minimum atomic E-state index is 0.202. The highest BCUT2D eigenvalue weighted by Crippen LogP contribution is 2.46. The Morgan fingerprint density at radius 1 is 0.935 bits per heavy atom. The number of anilines is 1. The first-order chi connectivity index (χ1) is 14.8. The number of hydrogen-bond donors (Lipinski definition) is 1. The van der Waals surface area contributed by atoms with Gasteiger partial charge in [0.25, 0.3) is 0 Å². The van der Waals surface area contributed by atoms with E-state index in [4.69, 9.17) is 14.5 Å². The Balaban J connectivity index is 1.43. The SMILES string of the molecule is CC1(C)CCC(C)(C)c2cc(-c3nsc(N4CCN(CCCCCO)CC4)n3)ccc21. The maximum Gasteiger partial charge on any atom is 0.205 e. The smallest absolute Gasteiger partial charge is 0.205 e. The Labute approximate surface area is 191 Å². The fourth-order valence-corrected chi connectivity index (χ4v) is 5.72. The molecule has 0 saturated carbocycles. The number of aliphatic hydroxyl groups is 1. The lowest BCUT2D eigenvalue weighted by molar-refractivity contribution is 0.242. The molecule has 1 aromatic heterocycles. The Morgan fingerprint density at radius 2 is 1.65 bits per heavy atom. The molecule has 1 N–H and O–H groups in total. The van der Waals surface area contributed by atoms with E-state index in [1.165, 1.54) is 41.9 Å². The molecular formula is C25H38N4OS. The zero-order chi connectivity index (χ0) is 22.1. The van der Waals surface area contributed by atoms with E-state index in [1.807, 2.05) is 0 Å². The zero-order valence-electron chi connectivity index (χ0n) is 19.7. The van der Waals surface area contributed by atoms with Gasteiger partial charge in [-0.2, -0.15) is 9.36 Å². The zero-order valence-corrected chi connectivity index (χ0v) is 20.5. The standard InChI is InChI=1S/C25H38N4OS/c1-24(2)10-11-25(3,4)21-18-19(8-9-20(21)24)22-26-23(31-27-22)29-15-13-28(14-16-29)12-6-5-7-17-30/h8-9,18,30H,5-7,10-17H2,1-4H3. The Bertz CT molecular complexity index is 883. The number of benzene rings is 1. The third-order valence-electron chi connectivity index (χ3n) is 7.30. The second kappa shape index (κ2) is 9.16. The molecule has 1 aromatic carbocycles. The molecule has 1 aliphatic heterocycles. The topological polar surface area (TPSA) is 52.5 Å². The average Bonchev–Trinajstić information content (AvgIpc) is 3.25. The van der Waals surface area contributed by atoms with E-state index in [0.717, 1.165) is 62.1 Å². The van der Waals surface area contributed by atoms with Gasteiger partial charge in [0, 0.05) is 49.9 Å². The summed E-state index contributed by atoms with van der Waals surface area (Å²) in [5.41, 5.74) is 4.54. The van der Waals surface area contributed by atoms with Crippen LogP contribution >= 0.6 is 11.5 Å². The molecule has 0 atom stereocenters. The third-order valence-corrected chi connectivity index (χ3v) is 8.08. The van der Waals surface area contributed by atoms with Crippen molar-refractivity contribution in [3.05, 3.63) is 29.3 Å². The molecule has 4 rings (SSSR count). The number of aliphatic hydroxyl groups excluding tert-OH is 1. The summed E-state index contributed by atoms with van der Waals surface area (Å²) in [6.45, 7) is 15.1. The van der Waals surface area contributed by atoms with Gasteiger partial charge in [-0.15, -0.1) is 0 Å². The van der Waals surface area contributed by atoms with Crippen molar-refractivity contribution >= 4 is 16.7 Å². The van der Waals surface area contributed by atoms with Gasteiger partial charge in [0.2, 0.25) is 5.13 Å². The van der Waals surface area contributed by atoms with E-state index in [2.05, 4.69) is 55.7 Å². The molecule has 1 fully saturated rings. The van der Waals surface area contributed by atoms with Gasteiger partial charge in [-0.25, -0.2) is 0 Å². The summed E-state index contributed by atoms with van der Waals surface area (Å²) in [5.74, 6) is 0.869. The molecule has 0 unspecified atom stereocenters. The normalized spacial score (nSPS) is 20.6. The fourth-order valence-electron chi connectivity index (χ4n) is 4.98. The van der Waals surface area contributed by atoms with E-state index in [0.29, 0.717) is 6.61 Å². The first-order valence-electron chi connectivity index (χ1n) is 11.9. The highest BCUT2D eigenvalue weighted by atomic mass is 32.1. The van der Waals surface area contributed by atoms with Gasteiger partial charge in [-0.3, -0.25) is 4.90 Å². The van der Waals surface area contributed by atoms with Gasteiger partial charge in [-0.05, 0) is 66.7 Å². The van der Waals surface area contributed by atoms with E-state index in [9.17, 15) is 0 Å². The molecule has 2 aromatic rings. The first-order valence-corrected chi connectivity index (χ1v) is 12.6. The predicted molar refractivity (Wildman–Crippen MR) is 130 cm³/mol. The lowest BCUT2D eigenvalue weighted by atomic mass is 9.63. The summed E-state index contributed by atoms with van der Waals surface area (Å²) in [4.78, 5) is 9.85. The Hall–Kier alpha value is -1.50. The van der Waals surface area contributed by atoms with E-state index >= 15 is 0 Å². The van der Waals surface area contributed by atoms with Crippen LogP contribution in [0.2, 0.25) is 0 Å². The molecule has 0 amide bonds. The summed E-state index contributed by atoms with van der Waals surface area (Å²) in [5, 5.41) is 9.97. The summed E-state index contributed by atoms with van der Waals surface area (Å²) in [7, 11) is 0. The average molecular weight is 443 g/mol. The van der Waals surface area contributed by atoms with Crippen molar-refractivity contribution in [2.45, 2.75) is 70.6 Å². The van der Waals surface area contributed by atoms with Crippen molar-refractivity contribution in [1.29, 1.82) is 0 Å². The van der Waals surface area contributed by atoms with Crippen LogP contribution in [0.1, 0.15) is 70.9 Å². The number of piperazine rings is 1. The van der Waals surface area contributed by atoms with Crippen LogP contribution in [0.3, 0.4) is 0 Å². The van der Waals surface area contributed by atoms with E-state index in [-0.39, 0.29) is 10.8 Å². The van der Waals surface area contributed by atoms with Crippen LogP contribution in [0, 0.1) is 0 Å². The van der Waals surface area contributed by atoms with Crippen molar-refractivity contribution < 1.29 is 5.11 Å². The molecule has 1 saturated heterocycles. The van der Waals surface area contributed by atoms with Gasteiger partial charge < -0.3 is 10.0 Å². The molecule has 5 nitrogen and oxygen atoms in total. The van der Waals surface area contributed by atoms with Gasteiger partial charge in [0.05, 0.1) is 0 Å². The predicted octanol–water partition coefficient (Wildman–Crippen LogP) is 4.84. The van der Waals surface area contributed by atoms with Crippen molar-refractivity contribution in [3.8, 4) is 11.4 Å². The minimum Gasteiger partial charge on any atom is -0.396 e. The van der Waals surface area contributed by atoms with Crippen molar-refractivity contribution in [3.63, 3.8) is 0 Å². The number of aromatic nitrogens is 2. The van der Waals surface area contributed by atoms with E-state index < -0.39 is 0 Å². The molecule has 1 aliphatic carbocycles. The molecule has 0 spiro atoms. The molecule has 2 aliphatic rings. The summed E-state index contributed by atoms with van der Waals surface area (Å²) in [6, 6.07) is 6.90. The van der Waals surface area contributed by atoms with Crippen molar-refractivity contribution in [1.82, 2.24) is 14.3 Å². The largest absolute Gasteiger partial charge is 0.396 e. The van der Waals surface area contributed by atoms with Crippen molar-refractivity contribution in [2.75, 3.05) is 44.2 Å². The van der Waals surface area contributed by atoms with Crippen LogP contribution in [-0.2, 0) is 10.8 Å². The quantitative estimate of drug-likeness (QED) is 0.622. The summed E-state index contributed by atoms with van der Waals surface area (Å²) in [6.07, 6.45) is 5.67. The summed E-state index contributed by atoms with van der Waals surface area (Å²) < 4.78 is 4.74. The summed E-state index contributed by atoms with van der Waals surface area (Å²) >= 11 is 1.53. The van der Waals surface area contributed by atoms with Crippen LogP contribution in [0.5, 0.6) is 0 Å². The molecule has 2 heterocycles. The van der Waals surface area contributed by atoms with Crippen LogP contribution < -0.4 is 4.90 Å². The van der Waals surface area contributed by atoms with Crippen LogP contribution in [0.4, 0.5) is 5.13 Å². The molecule has 31 heavy (non-hydrogen) atoms. The first kappa shape index (κ1) is 22.7. The fraction of sp³-hybridized carbons (Fsp3) is 0.680. The second-order valence-corrected chi connectivity index (χ2v) is 11.3. The highest BCUT2D eigenvalue weighted by molar-refractivity contribution is 7.09. The molecule has 0 bridgehead atoms. The molecule has 170 valence electrons. The second-order valence-electron chi connectivity index (χ2n) is 10.5. The van der Waals surface area contributed by atoms with Gasteiger partial charge in [-0.1, -0.05) is 39.8 Å². The lowest BCUT2D eigenvalue weighted by Gasteiger charge is -2.42. The number of rotatable bonds is 7. The number of fused-ring (bicyclic) bond motifs is 1. The molecular weight excluding hydrogens is 404 g/mol. The van der Waals surface area contributed by atoms with Gasteiger partial charge >= 0.3 is 0 Å². The van der Waals surface area contributed by atoms with Crippen molar-refractivity contribution in [2.24, 2.45) is 0 Å². The maximum absolute atomic E-state index is 8.92.